The minimum Gasteiger partial charge on any atom is -0.497 e. The van der Waals surface area contributed by atoms with Crippen molar-refractivity contribution in [3.63, 3.8) is 0 Å². The molecule has 2 aromatic carbocycles. The summed E-state index contributed by atoms with van der Waals surface area (Å²) in [7, 11) is 5.90. The Morgan fingerprint density at radius 1 is 1.00 bits per heavy atom. The second kappa shape index (κ2) is 7.59. The summed E-state index contributed by atoms with van der Waals surface area (Å²) in [5.74, 6) is 2.94. The van der Waals surface area contributed by atoms with E-state index < -0.39 is 0 Å². The number of benzene rings is 2. The van der Waals surface area contributed by atoms with E-state index >= 15 is 0 Å². The lowest BCUT2D eigenvalue weighted by Crippen LogP contribution is -2.25. The number of hydrogen-bond acceptors (Lipinski definition) is 4. The fourth-order valence-corrected chi connectivity index (χ4v) is 4.34. The molecule has 1 aromatic heterocycles. The van der Waals surface area contributed by atoms with Crippen molar-refractivity contribution < 1.29 is 9.47 Å². The second-order valence-electron chi connectivity index (χ2n) is 6.92. The molecular weight excluding hydrogens is 354 g/mol. The maximum atomic E-state index is 6.43. The van der Waals surface area contributed by atoms with Crippen LogP contribution in [0.15, 0.2) is 71.6 Å². The molecule has 3 nitrogen and oxygen atoms in total. The van der Waals surface area contributed by atoms with Crippen LogP contribution in [0.3, 0.4) is 0 Å². The lowest BCUT2D eigenvalue weighted by molar-refractivity contribution is 0.412. The van der Waals surface area contributed by atoms with E-state index in [1.54, 1.807) is 18.4 Å². The Labute approximate surface area is 164 Å². The lowest BCUT2D eigenvalue weighted by Gasteiger charge is -2.32. The Bertz CT molecular complexity index is 943. The highest BCUT2D eigenvalue weighted by Crippen LogP contribution is 2.46. The number of nitrogens with zero attached hydrogens (tertiary/aromatic N) is 1. The van der Waals surface area contributed by atoms with Gasteiger partial charge in [0.2, 0.25) is 0 Å². The van der Waals surface area contributed by atoms with Gasteiger partial charge in [0.1, 0.15) is 17.3 Å². The molecule has 27 heavy (non-hydrogen) atoms. The first kappa shape index (κ1) is 17.8. The zero-order valence-electron chi connectivity index (χ0n) is 15.8. The van der Waals surface area contributed by atoms with E-state index in [-0.39, 0.29) is 5.92 Å². The lowest BCUT2D eigenvalue weighted by atomic mass is 9.81. The number of hydrogen-bond donors (Lipinski definition) is 0. The van der Waals surface area contributed by atoms with Gasteiger partial charge in [0, 0.05) is 18.0 Å². The van der Waals surface area contributed by atoms with Crippen LogP contribution in [0.4, 0.5) is 0 Å². The van der Waals surface area contributed by atoms with Crippen LogP contribution in [0, 0.1) is 0 Å². The Kier molecular flexibility index (Phi) is 5.01. The molecule has 2 heterocycles. The number of likely N-dealkylation sites (N-methyl/N-ethyl adjacent to an activating group) is 1. The van der Waals surface area contributed by atoms with Crippen LogP contribution < -0.4 is 9.47 Å². The summed E-state index contributed by atoms with van der Waals surface area (Å²) in [5.41, 5.74) is 3.74. The molecule has 0 aliphatic carbocycles. The highest BCUT2D eigenvalue weighted by molar-refractivity contribution is 7.11. The predicted octanol–water partition coefficient (Wildman–Crippen LogP) is 5.25. The molecule has 0 fully saturated rings. The highest BCUT2D eigenvalue weighted by atomic mass is 32.1. The van der Waals surface area contributed by atoms with Gasteiger partial charge < -0.3 is 14.4 Å². The Hall–Kier alpha value is -2.56. The Morgan fingerprint density at radius 2 is 1.78 bits per heavy atom. The first-order valence-electron chi connectivity index (χ1n) is 8.99. The summed E-state index contributed by atoms with van der Waals surface area (Å²) >= 11 is 1.72. The molecule has 0 bridgehead atoms. The van der Waals surface area contributed by atoms with Gasteiger partial charge >= 0.3 is 0 Å². The van der Waals surface area contributed by atoms with E-state index in [9.17, 15) is 0 Å². The molecular formula is C23H23NO2S. The van der Waals surface area contributed by atoms with Crippen molar-refractivity contribution in [1.29, 1.82) is 0 Å². The molecule has 1 atom stereocenters. The number of ether oxygens (including phenoxy) is 2. The van der Waals surface area contributed by atoms with E-state index in [0.717, 1.165) is 23.8 Å². The third-order valence-corrected chi connectivity index (χ3v) is 5.63. The zero-order chi connectivity index (χ0) is 18.8. The minimum atomic E-state index is 0.153. The molecule has 4 heteroatoms. The number of thiophene rings is 1. The molecule has 0 N–H and O–H groups in total. The fraction of sp³-hybridized carbons (Fsp3) is 0.217. The first-order valence-corrected chi connectivity index (χ1v) is 9.87. The second-order valence-corrected chi connectivity index (χ2v) is 7.86. The predicted molar refractivity (Wildman–Crippen MR) is 112 cm³/mol. The van der Waals surface area contributed by atoms with E-state index in [0.29, 0.717) is 0 Å². The smallest absolute Gasteiger partial charge is 0.146 e. The van der Waals surface area contributed by atoms with Gasteiger partial charge in [-0.15, -0.1) is 11.3 Å². The zero-order valence-corrected chi connectivity index (χ0v) is 16.6. The maximum Gasteiger partial charge on any atom is 0.146 e. The molecule has 1 aliphatic heterocycles. The quantitative estimate of drug-likeness (QED) is 0.606. The molecule has 0 spiro atoms. The van der Waals surface area contributed by atoms with Gasteiger partial charge in [-0.1, -0.05) is 36.4 Å². The van der Waals surface area contributed by atoms with Crippen molar-refractivity contribution >= 4 is 17.1 Å². The summed E-state index contributed by atoms with van der Waals surface area (Å²) in [6.45, 7) is 0.832. The number of para-hydroxylation sites is 1. The molecule has 0 saturated carbocycles. The third-order valence-electron chi connectivity index (χ3n) is 4.76. The first-order chi connectivity index (χ1) is 13.2. The van der Waals surface area contributed by atoms with Gasteiger partial charge in [0.05, 0.1) is 12.0 Å². The topological polar surface area (TPSA) is 21.7 Å². The summed E-state index contributed by atoms with van der Waals surface area (Å²) in [6.07, 6.45) is 0. The summed E-state index contributed by atoms with van der Waals surface area (Å²) in [5, 5.41) is 2.10. The van der Waals surface area contributed by atoms with Gasteiger partial charge in [-0.25, -0.2) is 0 Å². The van der Waals surface area contributed by atoms with Crippen molar-refractivity contribution in [2.75, 3.05) is 27.7 Å². The van der Waals surface area contributed by atoms with Gasteiger partial charge in [0.15, 0.2) is 0 Å². The van der Waals surface area contributed by atoms with Crippen molar-refractivity contribution in [3.05, 3.63) is 87.6 Å². The molecule has 0 radical (unpaired) electrons. The Balaban J connectivity index is 1.91. The van der Waals surface area contributed by atoms with Crippen LogP contribution in [0.5, 0.6) is 11.5 Å². The standard InChI is InChI=1S/C23H23NO2S/c1-24(2)15-19-22(16-10-12-17(25-3)13-11-16)18-7-4-5-8-20(18)26-23(19)21-9-6-14-27-21/h4-14,22H,15H2,1-3H3/t22-/m1/s1. The van der Waals surface area contributed by atoms with Crippen LogP contribution in [-0.2, 0) is 0 Å². The maximum absolute atomic E-state index is 6.43. The van der Waals surface area contributed by atoms with Crippen LogP contribution in [0.2, 0.25) is 0 Å². The van der Waals surface area contributed by atoms with Gasteiger partial charge in [-0.3, -0.25) is 0 Å². The van der Waals surface area contributed by atoms with E-state index in [1.165, 1.54) is 21.6 Å². The van der Waals surface area contributed by atoms with E-state index in [1.807, 2.05) is 18.2 Å². The average molecular weight is 378 g/mol. The summed E-state index contributed by atoms with van der Waals surface area (Å²) < 4.78 is 11.8. The fourth-order valence-electron chi connectivity index (χ4n) is 3.60. The van der Waals surface area contributed by atoms with Gasteiger partial charge in [-0.2, -0.15) is 0 Å². The number of rotatable bonds is 5. The largest absolute Gasteiger partial charge is 0.497 e. The van der Waals surface area contributed by atoms with Gasteiger partial charge in [0.25, 0.3) is 0 Å². The Morgan fingerprint density at radius 3 is 2.44 bits per heavy atom. The molecule has 3 aromatic rings. The number of fused-ring (bicyclic) bond motifs is 1. The van der Waals surface area contributed by atoms with Crippen LogP contribution in [-0.4, -0.2) is 32.6 Å². The van der Waals surface area contributed by atoms with Crippen molar-refractivity contribution in [3.8, 4) is 11.5 Å². The molecule has 4 rings (SSSR count). The molecule has 1 aliphatic rings. The van der Waals surface area contributed by atoms with Crippen molar-refractivity contribution in [2.45, 2.75) is 5.92 Å². The number of methoxy groups -OCH3 is 1. The summed E-state index contributed by atoms with van der Waals surface area (Å²) in [4.78, 5) is 3.37. The summed E-state index contributed by atoms with van der Waals surface area (Å²) in [6, 6.07) is 20.9. The van der Waals surface area contributed by atoms with Crippen molar-refractivity contribution in [2.24, 2.45) is 0 Å². The average Bonchev–Trinajstić information content (AvgIpc) is 3.22. The van der Waals surface area contributed by atoms with Crippen LogP contribution in [0.25, 0.3) is 5.76 Å². The van der Waals surface area contributed by atoms with Crippen molar-refractivity contribution in [1.82, 2.24) is 4.90 Å². The highest BCUT2D eigenvalue weighted by Gasteiger charge is 2.32. The van der Waals surface area contributed by atoms with Gasteiger partial charge in [-0.05, 0) is 54.9 Å². The third kappa shape index (κ3) is 3.51. The van der Waals surface area contributed by atoms with Crippen LogP contribution in [0.1, 0.15) is 21.9 Å². The molecule has 0 amide bonds. The SMILES string of the molecule is COc1ccc([C@H]2C(CN(C)C)=C(c3cccs3)Oc3ccccc32)cc1. The monoisotopic (exact) mass is 377 g/mol. The van der Waals surface area contributed by atoms with E-state index in [4.69, 9.17) is 9.47 Å². The van der Waals surface area contributed by atoms with Crippen LogP contribution >= 0.6 is 11.3 Å². The molecule has 138 valence electrons. The minimum absolute atomic E-state index is 0.153. The molecule has 0 saturated heterocycles. The molecule has 0 unspecified atom stereocenters. The normalized spacial score (nSPS) is 16.2. The van der Waals surface area contributed by atoms with E-state index in [2.05, 4.69) is 66.8 Å².